The molecule has 1 aliphatic rings. The van der Waals surface area contributed by atoms with Gasteiger partial charge < -0.3 is 15.6 Å². The van der Waals surface area contributed by atoms with Gasteiger partial charge in [-0.2, -0.15) is 0 Å². The number of carbonyl (C=O) groups is 2. The summed E-state index contributed by atoms with van der Waals surface area (Å²) >= 11 is 11.8. The zero-order valence-electron chi connectivity index (χ0n) is 12.4. The number of aromatic nitrogens is 1. The third-order valence-electron chi connectivity index (χ3n) is 3.95. The van der Waals surface area contributed by atoms with Crippen LogP contribution < -0.4 is 11.1 Å². The molecule has 2 rings (SSSR count). The molecule has 0 bridgehead atoms. The number of rotatable bonds is 6. The summed E-state index contributed by atoms with van der Waals surface area (Å²) in [6, 6.07) is 1.38. The third-order valence-corrected chi connectivity index (χ3v) is 4.79. The van der Waals surface area contributed by atoms with Gasteiger partial charge in [-0.05, 0) is 31.9 Å². The molecule has 1 fully saturated rings. The molecule has 1 aliphatic heterocycles. The molecule has 122 valence electrons. The van der Waals surface area contributed by atoms with Crippen LogP contribution >= 0.6 is 23.2 Å². The van der Waals surface area contributed by atoms with Crippen LogP contribution in [0.25, 0.3) is 0 Å². The molecule has 0 radical (unpaired) electrons. The summed E-state index contributed by atoms with van der Waals surface area (Å²) in [5.41, 5.74) is 5.79. The van der Waals surface area contributed by atoms with Crippen LogP contribution in [0.2, 0.25) is 10.2 Å². The van der Waals surface area contributed by atoms with Crippen molar-refractivity contribution in [1.29, 1.82) is 0 Å². The number of hydrogen-bond donors (Lipinski definition) is 2. The summed E-state index contributed by atoms with van der Waals surface area (Å²) in [5.74, 6) is -0.487. The van der Waals surface area contributed by atoms with Crippen molar-refractivity contribution in [3.05, 3.63) is 21.9 Å². The monoisotopic (exact) mass is 346 g/mol. The van der Waals surface area contributed by atoms with E-state index in [9.17, 15) is 9.59 Å². The predicted octanol–water partition coefficient (Wildman–Crippen LogP) is 1.40. The van der Waals surface area contributed by atoms with Gasteiger partial charge in [-0.1, -0.05) is 23.2 Å². The molecule has 22 heavy (non-hydrogen) atoms. The fourth-order valence-corrected chi connectivity index (χ4v) is 3.13. The lowest BCUT2D eigenvalue weighted by Gasteiger charge is -2.21. The van der Waals surface area contributed by atoms with Crippen molar-refractivity contribution < 1.29 is 9.59 Å². The molecule has 6 nitrogen and oxygen atoms in total. The van der Waals surface area contributed by atoms with E-state index >= 15 is 0 Å². The van der Waals surface area contributed by atoms with Crippen molar-refractivity contribution in [2.45, 2.75) is 25.3 Å². The fourth-order valence-electron chi connectivity index (χ4n) is 2.75. The first-order chi connectivity index (χ1) is 10.4. The van der Waals surface area contributed by atoms with Crippen LogP contribution in [0.3, 0.4) is 0 Å². The maximum Gasteiger partial charge on any atom is 0.267 e. The van der Waals surface area contributed by atoms with Crippen LogP contribution in [0.15, 0.2) is 6.07 Å². The zero-order chi connectivity index (χ0) is 16.3. The van der Waals surface area contributed by atoms with Crippen LogP contribution in [-0.2, 0) is 11.8 Å². The van der Waals surface area contributed by atoms with E-state index in [0.717, 1.165) is 32.4 Å². The van der Waals surface area contributed by atoms with Crippen molar-refractivity contribution in [3.63, 3.8) is 0 Å². The van der Waals surface area contributed by atoms with Gasteiger partial charge in [0.25, 0.3) is 5.91 Å². The molecular formula is C14H20Cl2N4O2. The van der Waals surface area contributed by atoms with E-state index in [1.165, 1.54) is 0 Å². The Morgan fingerprint density at radius 2 is 2.18 bits per heavy atom. The molecule has 1 saturated heterocycles. The SMILES string of the molecule is Cn1c(C(=O)NCCCN2CCC[C@H]2C(N)=O)cc(Cl)c1Cl. The lowest BCUT2D eigenvalue weighted by atomic mass is 10.2. The van der Waals surface area contributed by atoms with Gasteiger partial charge in [0.15, 0.2) is 0 Å². The first-order valence-electron chi connectivity index (χ1n) is 7.24. The third kappa shape index (κ3) is 3.74. The molecule has 8 heteroatoms. The molecule has 3 N–H and O–H groups in total. The standard InChI is InChI=1S/C14H20Cl2N4O2/c1-19-11(8-9(15)12(19)16)14(22)18-5-3-7-20-6-2-4-10(20)13(17)21/h8,10H,2-7H2,1H3,(H2,17,21)(H,18,22)/t10-/m0/s1. The highest BCUT2D eigenvalue weighted by molar-refractivity contribution is 6.41. The first kappa shape index (κ1) is 17.1. The largest absolute Gasteiger partial charge is 0.368 e. The van der Waals surface area contributed by atoms with E-state index in [4.69, 9.17) is 28.9 Å². The van der Waals surface area contributed by atoms with Gasteiger partial charge in [0.05, 0.1) is 11.1 Å². The number of nitrogens with two attached hydrogens (primary N) is 1. The summed E-state index contributed by atoms with van der Waals surface area (Å²) < 4.78 is 1.54. The van der Waals surface area contributed by atoms with Gasteiger partial charge in [0.2, 0.25) is 5.91 Å². The quantitative estimate of drug-likeness (QED) is 0.764. The first-order valence-corrected chi connectivity index (χ1v) is 7.99. The highest BCUT2D eigenvalue weighted by Crippen LogP contribution is 2.25. The Hall–Kier alpha value is -1.24. The predicted molar refractivity (Wildman–Crippen MR) is 86.2 cm³/mol. The summed E-state index contributed by atoms with van der Waals surface area (Å²) in [5, 5.41) is 3.53. The van der Waals surface area contributed by atoms with Gasteiger partial charge in [0, 0.05) is 20.1 Å². The molecule has 0 unspecified atom stereocenters. The van der Waals surface area contributed by atoms with Gasteiger partial charge in [-0.15, -0.1) is 0 Å². The van der Waals surface area contributed by atoms with Gasteiger partial charge in [0.1, 0.15) is 10.8 Å². The lowest BCUT2D eigenvalue weighted by Crippen LogP contribution is -2.41. The van der Waals surface area contributed by atoms with E-state index < -0.39 is 0 Å². The Kier molecular flexibility index (Phi) is 5.72. The van der Waals surface area contributed by atoms with Crippen LogP contribution in [0.4, 0.5) is 0 Å². The minimum atomic E-state index is -0.269. The summed E-state index contributed by atoms with van der Waals surface area (Å²) in [6.07, 6.45) is 2.56. The van der Waals surface area contributed by atoms with Crippen molar-refractivity contribution in [3.8, 4) is 0 Å². The average Bonchev–Trinajstić information content (AvgIpc) is 3.04. The Balaban J connectivity index is 1.78. The molecule has 1 aromatic heterocycles. The van der Waals surface area contributed by atoms with Gasteiger partial charge >= 0.3 is 0 Å². The number of carbonyl (C=O) groups excluding carboxylic acids is 2. The molecule has 1 aromatic rings. The van der Waals surface area contributed by atoms with Crippen LogP contribution in [0.5, 0.6) is 0 Å². The van der Waals surface area contributed by atoms with Crippen LogP contribution in [-0.4, -0.2) is 47.0 Å². The molecule has 0 spiro atoms. The lowest BCUT2D eigenvalue weighted by molar-refractivity contribution is -0.122. The van der Waals surface area contributed by atoms with Gasteiger partial charge in [-0.25, -0.2) is 0 Å². The molecule has 0 saturated carbocycles. The highest BCUT2D eigenvalue weighted by atomic mass is 35.5. The Bertz CT molecular complexity index is 573. The summed E-state index contributed by atoms with van der Waals surface area (Å²) in [6.45, 7) is 2.13. The second-order valence-corrected chi connectivity index (χ2v) is 6.20. The maximum absolute atomic E-state index is 12.1. The second-order valence-electron chi connectivity index (χ2n) is 5.43. The van der Waals surface area contributed by atoms with E-state index in [2.05, 4.69) is 10.2 Å². The average molecular weight is 347 g/mol. The number of nitrogens with zero attached hydrogens (tertiary/aromatic N) is 2. The number of amides is 2. The number of likely N-dealkylation sites (tertiary alicyclic amines) is 1. The van der Waals surface area contributed by atoms with Gasteiger partial charge in [-0.3, -0.25) is 14.5 Å². The number of halogens is 2. The summed E-state index contributed by atoms with van der Waals surface area (Å²) in [7, 11) is 1.69. The van der Waals surface area contributed by atoms with E-state index in [1.54, 1.807) is 17.7 Å². The Morgan fingerprint density at radius 3 is 2.77 bits per heavy atom. The minimum Gasteiger partial charge on any atom is -0.368 e. The van der Waals surface area contributed by atoms with Crippen molar-refractivity contribution >= 4 is 35.0 Å². The van der Waals surface area contributed by atoms with Crippen molar-refractivity contribution in [1.82, 2.24) is 14.8 Å². The van der Waals surface area contributed by atoms with Crippen LogP contribution in [0.1, 0.15) is 29.8 Å². The maximum atomic E-state index is 12.1. The fraction of sp³-hybridized carbons (Fsp3) is 0.571. The van der Waals surface area contributed by atoms with Crippen molar-refractivity contribution in [2.75, 3.05) is 19.6 Å². The number of nitrogens with one attached hydrogen (secondary N) is 1. The molecular weight excluding hydrogens is 327 g/mol. The van der Waals surface area contributed by atoms with Crippen LogP contribution in [0, 0.1) is 0 Å². The molecule has 2 heterocycles. The second kappa shape index (κ2) is 7.35. The van der Waals surface area contributed by atoms with E-state index in [1.807, 2.05) is 0 Å². The molecule has 1 atom stereocenters. The van der Waals surface area contributed by atoms with E-state index in [-0.39, 0.29) is 17.9 Å². The topological polar surface area (TPSA) is 80.4 Å². The normalized spacial score (nSPS) is 18.6. The Morgan fingerprint density at radius 1 is 1.45 bits per heavy atom. The summed E-state index contributed by atoms with van der Waals surface area (Å²) in [4.78, 5) is 25.4. The minimum absolute atomic E-state index is 0.166. The van der Waals surface area contributed by atoms with Crippen molar-refractivity contribution in [2.24, 2.45) is 12.8 Å². The Labute approximate surface area is 139 Å². The van der Waals surface area contributed by atoms with E-state index in [0.29, 0.717) is 22.4 Å². The number of hydrogen-bond acceptors (Lipinski definition) is 3. The molecule has 0 aliphatic carbocycles. The molecule has 0 aromatic carbocycles. The number of primary amides is 1. The smallest absolute Gasteiger partial charge is 0.267 e. The molecule has 2 amide bonds. The highest BCUT2D eigenvalue weighted by Gasteiger charge is 2.28. The zero-order valence-corrected chi connectivity index (χ0v) is 14.0.